The summed E-state index contributed by atoms with van der Waals surface area (Å²) in [5.41, 5.74) is 0.916. The van der Waals surface area contributed by atoms with Gasteiger partial charge in [-0.2, -0.15) is 0 Å². The third-order valence-electron chi connectivity index (χ3n) is 3.16. The molecule has 0 radical (unpaired) electrons. The molecule has 0 amide bonds. The van der Waals surface area contributed by atoms with Gasteiger partial charge in [0.2, 0.25) is 5.79 Å². The van der Waals surface area contributed by atoms with Gasteiger partial charge in [0.15, 0.2) is 0 Å². The fraction of sp³-hybridized carbons (Fsp3) is 0.778. The van der Waals surface area contributed by atoms with Crippen LogP contribution in [-0.2, 0) is 14.2 Å². The number of epoxide rings is 1. The molecule has 3 heterocycles. The Hall–Kier alpha value is -0.380. The highest BCUT2D eigenvalue weighted by Gasteiger charge is 2.74. The molecule has 3 atom stereocenters. The first-order valence-electron chi connectivity index (χ1n) is 4.29. The van der Waals surface area contributed by atoms with E-state index in [0.717, 1.165) is 12.0 Å². The van der Waals surface area contributed by atoms with Gasteiger partial charge in [0.05, 0.1) is 13.2 Å². The first-order valence-corrected chi connectivity index (χ1v) is 4.29. The third-order valence-corrected chi connectivity index (χ3v) is 3.16. The Balaban J connectivity index is 1.96. The van der Waals surface area contributed by atoms with Crippen molar-refractivity contribution in [3.05, 3.63) is 12.2 Å². The Morgan fingerprint density at radius 1 is 1.50 bits per heavy atom. The number of fused-ring (bicyclic) bond motifs is 2. The maximum atomic E-state index is 5.63. The van der Waals surface area contributed by atoms with Crippen molar-refractivity contribution in [2.75, 3.05) is 13.2 Å². The van der Waals surface area contributed by atoms with E-state index < -0.39 is 5.79 Å². The topological polar surface area (TPSA) is 31.0 Å². The molecule has 3 fully saturated rings. The van der Waals surface area contributed by atoms with Crippen molar-refractivity contribution < 1.29 is 14.2 Å². The largest absolute Gasteiger partial charge is 0.358 e. The van der Waals surface area contributed by atoms with Crippen molar-refractivity contribution in [3.8, 4) is 0 Å². The average molecular weight is 168 g/mol. The summed E-state index contributed by atoms with van der Waals surface area (Å²) in [6.07, 6.45) is 1.04. The molecule has 0 bridgehead atoms. The van der Waals surface area contributed by atoms with Gasteiger partial charge in [-0.25, -0.2) is 0 Å². The van der Waals surface area contributed by atoms with E-state index in [1.807, 2.05) is 0 Å². The summed E-state index contributed by atoms with van der Waals surface area (Å²) in [6, 6.07) is 0. The molecule has 3 rings (SSSR count). The summed E-state index contributed by atoms with van der Waals surface area (Å²) in [6.45, 7) is 7.24. The highest BCUT2D eigenvalue weighted by Crippen LogP contribution is 2.57. The van der Waals surface area contributed by atoms with Crippen LogP contribution in [0.15, 0.2) is 12.2 Å². The maximum absolute atomic E-state index is 5.63. The van der Waals surface area contributed by atoms with E-state index in [0.29, 0.717) is 13.2 Å². The van der Waals surface area contributed by atoms with Crippen molar-refractivity contribution in [1.82, 2.24) is 0 Å². The number of hydrogen-bond acceptors (Lipinski definition) is 3. The van der Waals surface area contributed by atoms with Crippen LogP contribution in [0.25, 0.3) is 0 Å². The second-order valence-corrected chi connectivity index (χ2v) is 3.99. The second kappa shape index (κ2) is 1.76. The molecule has 1 spiro atoms. The lowest BCUT2D eigenvalue weighted by molar-refractivity contribution is -0.233. The van der Waals surface area contributed by atoms with Crippen molar-refractivity contribution in [3.63, 3.8) is 0 Å². The normalized spacial score (nSPS) is 56.4. The molecular weight excluding hydrogens is 156 g/mol. The van der Waals surface area contributed by atoms with Crippen LogP contribution >= 0.6 is 0 Å². The zero-order valence-electron chi connectivity index (χ0n) is 7.13. The van der Waals surface area contributed by atoms with E-state index in [2.05, 4.69) is 13.5 Å². The van der Waals surface area contributed by atoms with Crippen LogP contribution in [0.3, 0.4) is 0 Å². The van der Waals surface area contributed by atoms with Crippen molar-refractivity contribution in [2.45, 2.75) is 30.8 Å². The SMILES string of the molecule is C=C1CO[C@@]2(C1)OC[C@@H]1O[C@@]12C. The number of hydrogen-bond donors (Lipinski definition) is 0. The van der Waals surface area contributed by atoms with Crippen LogP contribution < -0.4 is 0 Å². The van der Waals surface area contributed by atoms with Gasteiger partial charge in [-0.05, 0) is 12.5 Å². The Kier molecular flexibility index (Phi) is 1.04. The van der Waals surface area contributed by atoms with Gasteiger partial charge < -0.3 is 14.2 Å². The Morgan fingerprint density at radius 3 is 2.75 bits per heavy atom. The molecule has 3 aliphatic rings. The smallest absolute Gasteiger partial charge is 0.204 e. The predicted molar refractivity (Wildman–Crippen MR) is 41.7 cm³/mol. The lowest BCUT2D eigenvalue weighted by Gasteiger charge is -2.27. The van der Waals surface area contributed by atoms with E-state index in [9.17, 15) is 0 Å². The van der Waals surface area contributed by atoms with Crippen LogP contribution in [0.4, 0.5) is 0 Å². The highest BCUT2D eigenvalue weighted by molar-refractivity contribution is 5.21. The van der Waals surface area contributed by atoms with E-state index >= 15 is 0 Å². The van der Waals surface area contributed by atoms with Crippen LogP contribution in [0.1, 0.15) is 13.3 Å². The minimum Gasteiger partial charge on any atom is -0.358 e. The zero-order chi connectivity index (χ0) is 8.40. The summed E-state index contributed by atoms with van der Waals surface area (Å²) < 4.78 is 16.8. The molecule has 0 N–H and O–H groups in total. The van der Waals surface area contributed by atoms with Gasteiger partial charge in [-0.15, -0.1) is 0 Å². The van der Waals surface area contributed by atoms with Crippen LogP contribution in [-0.4, -0.2) is 30.7 Å². The molecule has 66 valence electrons. The van der Waals surface area contributed by atoms with E-state index in [-0.39, 0.29) is 11.7 Å². The third kappa shape index (κ3) is 0.596. The van der Waals surface area contributed by atoms with Gasteiger partial charge in [-0.3, -0.25) is 0 Å². The molecule has 12 heavy (non-hydrogen) atoms. The number of ether oxygens (including phenoxy) is 3. The fourth-order valence-corrected chi connectivity index (χ4v) is 2.20. The quantitative estimate of drug-likeness (QED) is 0.397. The first-order chi connectivity index (χ1) is 5.66. The van der Waals surface area contributed by atoms with Gasteiger partial charge in [0, 0.05) is 6.42 Å². The van der Waals surface area contributed by atoms with Gasteiger partial charge in [-0.1, -0.05) is 6.58 Å². The molecule has 0 aromatic heterocycles. The zero-order valence-corrected chi connectivity index (χ0v) is 7.13. The minimum atomic E-state index is -0.491. The number of rotatable bonds is 0. The molecule has 3 nitrogen and oxygen atoms in total. The summed E-state index contributed by atoms with van der Waals surface area (Å²) >= 11 is 0. The molecule has 3 heteroatoms. The maximum Gasteiger partial charge on any atom is 0.204 e. The Morgan fingerprint density at radius 2 is 2.33 bits per heavy atom. The first kappa shape index (κ1) is 7.06. The summed E-state index contributed by atoms with van der Waals surface area (Å²) in [5, 5.41) is 0. The van der Waals surface area contributed by atoms with Gasteiger partial charge >= 0.3 is 0 Å². The molecule has 0 aromatic rings. The van der Waals surface area contributed by atoms with Crippen molar-refractivity contribution in [1.29, 1.82) is 0 Å². The molecule has 0 unspecified atom stereocenters. The monoisotopic (exact) mass is 168 g/mol. The van der Waals surface area contributed by atoms with Crippen molar-refractivity contribution >= 4 is 0 Å². The average Bonchev–Trinajstić information content (AvgIpc) is 2.43. The Bertz CT molecular complexity index is 260. The van der Waals surface area contributed by atoms with E-state index in [1.165, 1.54) is 0 Å². The summed E-state index contributed by atoms with van der Waals surface area (Å²) in [4.78, 5) is 0. The summed E-state index contributed by atoms with van der Waals surface area (Å²) in [5.74, 6) is -0.491. The predicted octanol–water partition coefficient (Wildman–Crippen LogP) is 0.847. The lowest BCUT2D eigenvalue weighted by Crippen LogP contribution is -2.41. The summed E-state index contributed by atoms with van der Waals surface area (Å²) in [7, 11) is 0. The van der Waals surface area contributed by atoms with E-state index in [1.54, 1.807) is 0 Å². The van der Waals surface area contributed by atoms with E-state index in [4.69, 9.17) is 14.2 Å². The van der Waals surface area contributed by atoms with Crippen LogP contribution in [0.5, 0.6) is 0 Å². The molecule has 0 aromatic carbocycles. The molecule has 0 aliphatic carbocycles. The Labute approximate surface area is 71.3 Å². The van der Waals surface area contributed by atoms with Gasteiger partial charge in [0.1, 0.15) is 11.7 Å². The highest BCUT2D eigenvalue weighted by atomic mass is 16.8. The van der Waals surface area contributed by atoms with Crippen molar-refractivity contribution in [2.24, 2.45) is 0 Å². The molecule has 3 saturated heterocycles. The fourth-order valence-electron chi connectivity index (χ4n) is 2.20. The lowest BCUT2D eigenvalue weighted by atomic mass is 9.96. The standard InChI is InChI=1S/C9H12O3/c1-6-3-9(10-4-6)8(2)7(12-8)5-11-9/h7H,1,3-5H2,2H3/t7-,8-,9-/m0/s1. The molecular formula is C9H12O3. The second-order valence-electron chi connectivity index (χ2n) is 3.99. The molecule has 0 saturated carbocycles. The molecule has 3 aliphatic heterocycles. The van der Waals surface area contributed by atoms with Crippen LogP contribution in [0.2, 0.25) is 0 Å². The van der Waals surface area contributed by atoms with Crippen LogP contribution in [0, 0.1) is 0 Å². The van der Waals surface area contributed by atoms with Gasteiger partial charge in [0.25, 0.3) is 0 Å². The minimum absolute atomic E-state index is 0.188.